The summed E-state index contributed by atoms with van der Waals surface area (Å²) in [6.07, 6.45) is 0. The van der Waals surface area contributed by atoms with Crippen LogP contribution in [0.15, 0.2) is 30.3 Å². The van der Waals surface area contributed by atoms with Crippen molar-refractivity contribution in [1.82, 2.24) is 0 Å². The Bertz CT molecular complexity index is 593. The molecule has 0 aliphatic heterocycles. The number of alkyl halides is 1. The molecule has 2 aromatic carbocycles. The Balaban J connectivity index is 2.38. The van der Waals surface area contributed by atoms with Crippen molar-refractivity contribution < 1.29 is 22.3 Å². The number of ether oxygens (including phenoxy) is 1. The van der Waals surface area contributed by atoms with E-state index in [1.165, 1.54) is 0 Å². The zero-order chi connectivity index (χ0) is 14.0. The van der Waals surface area contributed by atoms with E-state index in [1.54, 1.807) is 0 Å². The first-order chi connectivity index (χ1) is 9.01. The number of halogens is 5. The minimum Gasteiger partial charge on any atom is -0.448 e. The molecule has 0 amide bonds. The van der Waals surface area contributed by atoms with Crippen LogP contribution in [0.3, 0.4) is 0 Å². The summed E-state index contributed by atoms with van der Waals surface area (Å²) in [5.74, 6) is -4.94. The molecule has 0 radical (unpaired) electrons. The summed E-state index contributed by atoms with van der Waals surface area (Å²) in [7, 11) is 0. The maximum atomic E-state index is 13.6. The van der Waals surface area contributed by atoms with E-state index in [0.717, 1.165) is 24.3 Å². The van der Waals surface area contributed by atoms with Crippen LogP contribution in [0.5, 0.6) is 11.5 Å². The van der Waals surface area contributed by atoms with Gasteiger partial charge >= 0.3 is 0 Å². The second-order valence-electron chi connectivity index (χ2n) is 3.70. The van der Waals surface area contributed by atoms with E-state index in [2.05, 4.69) is 15.9 Å². The highest BCUT2D eigenvalue weighted by molar-refractivity contribution is 9.08. The van der Waals surface area contributed by atoms with Crippen LogP contribution in [-0.4, -0.2) is 0 Å². The zero-order valence-corrected chi connectivity index (χ0v) is 11.0. The molecular formula is C13H7BrF4O. The van der Waals surface area contributed by atoms with Crippen molar-refractivity contribution in [2.45, 2.75) is 5.33 Å². The van der Waals surface area contributed by atoms with Gasteiger partial charge in [-0.1, -0.05) is 15.9 Å². The van der Waals surface area contributed by atoms with Crippen LogP contribution in [0.4, 0.5) is 17.6 Å². The third-order valence-corrected chi connectivity index (χ3v) is 2.97. The molecule has 0 saturated heterocycles. The van der Waals surface area contributed by atoms with E-state index in [4.69, 9.17) is 4.74 Å². The van der Waals surface area contributed by atoms with Crippen LogP contribution >= 0.6 is 15.9 Å². The molecule has 6 heteroatoms. The van der Waals surface area contributed by atoms with Gasteiger partial charge in [-0.15, -0.1) is 0 Å². The van der Waals surface area contributed by atoms with Crippen molar-refractivity contribution in [2.75, 3.05) is 0 Å². The van der Waals surface area contributed by atoms with Gasteiger partial charge in [-0.25, -0.2) is 17.6 Å². The molecule has 0 fully saturated rings. The number of rotatable bonds is 3. The molecule has 100 valence electrons. The minimum atomic E-state index is -1.04. The smallest absolute Gasteiger partial charge is 0.198 e. The second-order valence-corrected chi connectivity index (χ2v) is 4.26. The van der Waals surface area contributed by atoms with Crippen molar-refractivity contribution in [1.29, 1.82) is 0 Å². The van der Waals surface area contributed by atoms with Crippen molar-refractivity contribution in [3.8, 4) is 11.5 Å². The van der Waals surface area contributed by atoms with Crippen LogP contribution in [0.25, 0.3) is 0 Å². The molecule has 2 aromatic rings. The van der Waals surface area contributed by atoms with Gasteiger partial charge in [-0.05, 0) is 29.8 Å². The fourth-order valence-corrected chi connectivity index (χ4v) is 1.78. The summed E-state index contributed by atoms with van der Waals surface area (Å²) in [6.45, 7) is 0. The lowest BCUT2D eigenvalue weighted by Gasteiger charge is -2.09. The molecule has 0 atom stereocenters. The SMILES string of the molecule is Fc1ccc(Oc2c(F)cc(CBr)cc2F)c(F)c1. The molecule has 0 aliphatic rings. The molecule has 0 aliphatic carbocycles. The van der Waals surface area contributed by atoms with Crippen LogP contribution in [-0.2, 0) is 5.33 Å². The van der Waals surface area contributed by atoms with E-state index in [0.29, 0.717) is 11.6 Å². The molecule has 0 unspecified atom stereocenters. The van der Waals surface area contributed by atoms with Gasteiger partial charge in [0.1, 0.15) is 5.82 Å². The fraction of sp³-hybridized carbons (Fsp3) is 0.0769. The Kier molecular flexibility index (Phi) is 4.09. The largest absolute Gasteiger partial charge is 0.448 e. The topological polar surface area (TPSA) is 9.23 Å². The molecule has 0 N–H and O–H groups in total. The predicted molar refractivity (Wildman–Crippen MR) is 65.4 cm³/mol. The maximum Gasteiger partial charge on any atom is 0.198 e. The minimum absolute atomic E-state index is 0.270. The van der Waals surface area contributed by atoms with Gasteiger partial charge in [-0.3, -0.25) is 0 Å². The van der Waals surface area contributed by atoms with Crippen LogP contribution in [0, 0.1) is 23.3 Å². The van der Waals surface area contributed by atoms with Gasteiger partial charge < -0.3 is 4.74 Å². The van der Waals surface area contributed by atoms with Gasteiger partial charge in [0.25, 0.3) is 0 Å². The molecule has 2 rings (SSSR count). The third kappa shape index (κ3) is 3.07. The lowest BCUT2D eigenvalue weighted by molar-refractivity contribution is 0.385. The molecule has 0 bridgehead atoms. The lowest BCUT2D eigenvalue weighted by atomic mass is 10.2. The highest BCUT2D eigenvalue weighted by atomic mass is 79.9. The summed E-state index contributed by atoms with van der Waals surface area (Å²) in [4.78, 5) is 0. The van der Waals surface area contributed by atoms with Crippen LogP contribution in [0.2, 0.25) is 0 Å². The lowest BCUT2D eigenvalue weighted by Crippen LogP contribution is -1.96. The normalized spacial score (nSPS) is 10.6. The predicted octanol–water partition coefficient (Wildman–Crippen LogP) is 4.93. The monoisotopic (exact) mass is 334 g/mol. The zero-order valence-electron chi connectivity index (χ0n) is 9.39. The van der Waals surface area contributed by atoms with Crippen molar-refractivity contribution in [3.05, 3.63) is 59.2 Å². The Hall–Kier alpha value is -1.56. The van der Waals surface area contributed by atoms with Crippen LogP contribution < -0.4 is 4.74 Å². The van der Waals surface area contributed by atoms with Gasteiger partial charge in [-0.2, -0.15) is 0 Å². The first-order valence-corrected chi connectivity index (χ1v) is 6.30. The summed E-state index contributed by atoms with van der Waals surface area (Å²) in [5.41, 5.74) is 0.377. The van der Waals surface area contributed by atoms with Gasteiger partial charge in [0.05, 0.1) is 0 Å². The number of hydrogen-bond acceptors (Lipinski definition) is 1. The molecule has 0 spiro atoms. The first kappa shape index (κ1) is 13.9. The maximum absolute atomic E-state index is 13.6. The highest BCUT2D eigenvalue weighted by Gasteiger charge is 2.15. The Morgan fingerprint density at radius 1 is 0.895 bits per heavy atom. The van der Waals surface area contributed by atoms with Crippen molar-refractivity contribution in [3.63, 3.8) is 0 Å². The van der Waals surface area contributed by atoms with Gasteiger partial charge in [0.2, 0.25) is 0 Å². The third-order valence-electron chi connectivity index (χ3n) is 2.32. The Morgan fingerprint density at radius 3 is 2.05 bits per heavy atom. The average molecular weight is 335 g/mol. The Labute approximate surface area is 114 Å². The van der Waals surface area contributed by atoms with Gasteiger partial charge in [0.15, 0.2) is 29.0 Å². The molecule has 0 aromatic heterocycles. The van der Waals surface area contributed by atoms with E-state index in [9.17, 15) is 17.6 Å². The average Bonchev–Trinajstić information content (AvgIpc) is 2.35. The van der Waals surface area contributed by atoms with E-state index in [-0.39, 0.29) is 5.33 Å². The van der Waals surface area contributed by atoms with E-state index in [1.807, 2.05) is 0 Å². The van der Waals surface area contributed by atoms with Crippen molar-refractivity contribution >= 4 is 15.9 Å². The molecular weight excluding hydrogens is 328 g/mol. The summed E-state index contributed by atoms with van der Waals surface area (Å²) in [5, 5.41) is 0.270. The summed E-state index contributed by atoms with van der Waals surface area (Å²) < 4.78 is 58.1. The Morgan fingerprint density at radius 2 is 1.53 bits per heavy atom. The standard InChI is InChI=1S/C13H7BrF4O/c14-6-7-3-10(17)13(11(18)4-7)19-12-2-1-8(15)5-9(12)16/h1-5H,6H2. The second kappa shape index (κ2) is 5.61. The van der Waals surface area contributed by atoms with E-state index >= 15 is 0 Å². The van der Waals surface area contributed by atoms with E-state index < -0.39 is 34.8 Å². The van der Waals surface area contributed by atoms with Gasteiger partial charge in [0, 0.05) is 11.4 Å². The number of benzene rings is 2. The molecule has 1 nitrogen and oxygen atoms in total. The fourth-order valence-electron chi connectivity index (χ4n) is 1.45. The summed E-state index contributed by atoms with van der Waals surface area (Å²) >= 11 is 3.06. The van der Waals surface area contributed by atoms with Crippen LogP contribution in [0.1, 0.15) is 5.56 Å². The highest BCUT2D eigenvalue weighted by Crippen LogP contribution is 2.30. The number of hydrogen-bond donors (Lipinski definition) is 0. The first-order valence-electron chi connectivity index (χ1n) is 5.18. The van der Waals surface area contributed by atoms with Crippen molar-refractivity contribution in [2.24, 2.45) is 0 Å². The quantitative estimate of drug-likeness (QED) is 0.571. The summed E-state index contributed by atoms with van der Waals surface area (Å²) in [6, 6.07) is 4.59. The molecule has 19 heavy (non-hydrogen) atoms. The molecule has 0 saturated carbocycles. The molecule has 0 heterocycles.